The van der Waals surface area contributed by atoms with Gasteiger partial charge in [-0.15, -0.1) is 11.8 Å². The topological polar surface area (TPSA) is 102 Å². The lowest BCUT2D eigenvalue weighted by Crippen LogP contribution is -2.39. The van der Waals surface area contributed by atoms with Gasteiger partial charge in [0.15, 0.2) is 12.4 Å². The predicted molar refractivity (Wildman–Crippen MR) is 117 cm³/mol. The third-order valence-corrected chi connectivity index (χ3v) is 5.94. The lowest BCUT2D eigenvalue weighted by atomic mass is 9.83. The van der Waals surface area contributed by atoms with Crippen LogP contribution >= 0.6 is 11.8 Å². The molecule has 3 aromatic carbocycles. The van der Waals surface area contributed by atoms with Crippen molar-refractivity contribution in [3.8, 4) is 11.1 Å². The van der Waals surface area contributed by atoms with E-state index in [2.05, 4.69) is 5.32 Å². The minimum absolute atomic E-state index is 0.0163. The van der Waals surface area contributed by atoms with Crippen molar-refractivity contribution in [3.63, 3.8) is 0 Å². The molecule has 0 bridgehead atoms. The summed E-state index contributed by atoms with van der Waals surface area (Å²) in [5.41, 5.74) is 3.21. The van der Waals surface area contributed by atoms with E-state index in [-0.39, 0.29) is 11.5 Å². The van der Waals surface area contributed by atoms with Gasteiger partial charge in [-0.05, 0) is 22.6 Å². The highest BCUT2D eigenvalue weighted by Gasteiger charge is 2.25. The third kappa shape index (κ3) is 4.02. The van der Waals surface area contributed by atoms with Crippen LogP contribution in [0.5, 0.6) is 0 Å². The molecule has 8 heteroatoms. The van der Waals surface area contributed by atoms with Crippen LogP contribution in [0.3, 0.4) is 0 Å². The van der Waals surface area contributed by atoms with Crippen LogP contribution in [0, 0.1) is 0 Å². The molecule has 1 aliphatic rings. The normalized spacial score (nSPS) is 11.6. The molecule has 1 aliphatic carbocycles. The lowest BCUT2D eigenvalue weighted by Gasteiger charge is -2.21. The maximum atomic E-state index is 13.0. The van der Waals surface area contributed by atoms with E-state index in [0.717, 1.165) is 26.8 Å². The van der Waals surface area contributed by atoms with E-state index in [1.165, 1.54) is 18.8 Å². The first-order valence-corrected chi connectivity index (χ1v) is 10.5. The average Bonchev–Trinajstić information content (AvgIpc) is 2.79. The molecule has 4 rings (SSSR count). The molecule has 0 atom stereocenters. The molecule has 31 heavy (non-hydrogen) atoms. The Kier molecular flexibility index (Phi) is 5.73. The van der Waals surface area contributed by atoms with Crippen LogP contribution in [0.15, 0.2) is 59.5 Å². The number of hydrogen-bond acceptors (Lipinski definition) is 6. The van der Waals surface area contributed by atoms with Crippen molar-refractivity contribution < 1.29 is 23.9 Å². The number of rotatable bonds is 5. The Balaban J connectivity index is 1.53. The van der Waals surface area contributed by atoms with Gasteiger partial charge in [-0.25, -0.2) is 4.79 Å². The molecular formula is C23H18N2O5S. The third-order valence-electron chi connectivity index (χ3n) is 4.90. The summed E-state index contributed by atoms with van der Waals surface area (Å²) in [5.74, 6) is -1.33. The van der Waals surface area contributed by atoms with Crippen LogP contribution in [0.2, 0.25) is 0 Å². The zero-order valence-electron chi connectivity index (χ0n) is 16.6. The fourth-order valence-electron chi connectivity index (χ4n) is 3.53. The molecule has 0 fully saturated rings. The van der Waals surface area contributed by atoms with Crippen LogP contribution in [-0.2, 0) is 14.3 Å². The fraction of sp³-hybridized carbons (Fsp3) is 0.130. The van der Waals surface area contributed by atoms with Crippen LogP contribution in [0.25, 0.3) is 21.9 Å². The number of carbonyl (C=O) groups excluding carboxylic acids is 4. The average molecular weight is 434 g/mol. The summed E-state index contributed by atoms with van der Waals surface area (Å²) in [4.78, 5) is 48.5. The Morgan fingerprint density at radius 2 is 1.65 bits per heavy atom. The molecule has 0 saturated carbocycles. The molecule has 0 unspecified atom stereocenters. The molecule has 0 aliphatic heterocycles. The number of carbonyl (C=O) groups is 4. The molecule has 0 heterocycles. The minimum Gasteiger partial charge on any atom is -0.455 e. The highest BCUT2D eigenvalue weighted by Crippen LogP contribution is 2.42. The van der Waals surface area contributed by atoms with Crippen molar-refractivity contribution in [2.45, 2.75) is 4.90 Å². The van der Waals surface area contributed by atoms with Crippen molar-refractivity contribution in [1.29, 1.82) is 0 Å². The largest absolute Gasteiger partial charge is 0.455 e. The first kappa shape index (κ1) is 20.6. The van der Waals surface area contributed by atoms with Crippen molar-refractivity contribution >= 4 is 46.2 Å². The number of esters is 1. The Morgan fingerprint density at radius 3 is 2.42 bits per heavy atom. The minimum atomic E-state index is -0.712. The number of thioether (sulfide) groups is 1. The van der Waals surface area contributed by atoms with Crippen LogP contribution in [0.1, 0.15) is 15.9 Å². The van der Waals surface area contributed by atoms with E-state index in [9.17, 15) is 19.2 Å². The smallest absolute Gasteiger partial charge is 0.321 e. The van der Waals surface area contributed by atoms with Gasteiger partial charge in [0.05, 0.1) is 5.75 Å². The number of ketones is 1. The van der Waals surface area contributed by atoms with Gasteiger partial charge >= 0.3 is 12.0 Å². The highest BCUT2D eigenvalue weighted by atomic mass is 32.2. The van der Waals surface area contributed by atoms with Gasteiger partial charge in [-0.1, -0.05) is 48.5 Å². The van der Waals surface area contributed by atoms with E-state index in [0.29, 0.717) is 11.1 Å². The van der Waals surface area contributed by atoms with Gasteiger partial charge < -0.3 is 10.1 Å². The van der Waals surface area contributed by atoms with Gasteiger partial charge in [-0.2, -0.15) is 0 Å². The summed E-state index contributed by atoms with van der Waals surface area (Å²) in [6.07, 6.45) is 0. The molecule has 0 spiro atoms. The van der Waals surface area contributed by atoms with E-state index >= 15 is 0 Å². The molecule has 3 aromatic rings. The zero-order valence-corrected chi connectivity index (χ0v) is 17.4. The van der Waals surface area contributed by atoms with Crippen LogP contribution in [0.4, 0.5) is 4.79 Å². The second kappa shape index (κ2) is 8.61. The molecule has 0 radical (unpaired) electrons. The Labute approximate surface area is 182 Å². The summed E-state index contributed by atoms with van der Waals surface area (Å²) < 4.78 is 4.92. The fourth-order valence-corrected chi connectivity index (χ4v) is 4.38. The molecular weight excluding hydrogens is 416 g/mol. The van der Waals surface area contributed by atoms with Crippen LogP contribution < -0.4 is 10.6 Å². The van der Waals surface area contributed by atoms with Crippen molar-refractivity contribution in [1.82, 2.24) is 10.6 Å². The van der Waals surface area contributed by atoms with Crippen molar-refractivity contribution in [3.05, 3.63) is 65.7 Å². The molecule has 0 saturated heterocycles. The monoisotopic (exact) mass is 434 g/mol. The first-order valence-electron chi connectivity index (χ1n) is 9.49. The van der Waals surface area contributed by atoms with Crippen molar-refractivity contribution in [2.75, 3.05) is 19.4 Å². The Hall–Kier alpha value is -3.65. The number of nitrogens with one attached hydrogen (secondary N) is 2. The molecule has 3 amide bonds. The maximum Gasteiger partial charge on any atom is 0.321 e. The Morgan fingerprint density at radius 1 is 0.903 bits per heavy atom. The lowest BCUT2D eigenvalue weighted by molar-refractivity contribution is -0.145. The second-order valence-electron chi connectivity index (χ2n) is 6.79. The second-order valence-corrected chi connectivity index (χ2v) is 7.81. The number of imide groups is 1. The number of benzene rings is 3. The number of fused-ring (bicyclic) bond motifs is 2. The van der Waals surface area contributed by atoms with E-state index in [1.807, 2.05) is 59.9 Å². The molecule has 2 N–H and O–H groups in total. The van der Waals surface area contributed by atoms with Gasteiger partial charge in [-0.3, -0.25) is 19.7 Å². The van der Waals surface area contributed by atoms with E-state index < -0.39 is 24.5 Å². The maximum absolute atomic E-state index is 13.0. The summed E-state index contributed by atoms with van der Waals surface area (Å²) in [6.45, 7) is -0.540. The summed E-state index contributed by atoms with van der Waals surface area (Å²) in [5, 5.41) is 6.00. The number of urea groups is 1. The quantitative estimate of drug-likeness (QED) is 0.370. The van der Waals surface area contributed by atoms with Gasteiger partial charge in [0.2, 0.25) is 0 Å². The first-order chi connectivity index (χ1) is 15.0. The number of amides is 3. The van der Waals surface area contributed by atoms with Gasteiger partial charge in [0, 0.05) is 28.5 Å². The van der Waals surface area contributed by atoms with Crippen LogP contribution in [-0.4, -0.2) is 43.1 Å². The number of ether oxygens (including phenoxy) is 1. The van der Waals surface area contributed by atoms with Gasteiger partial charge in [0.1, 0.15) is 0 Å². The Bertz CT molecular complexity index is 1240. The van der Waals surface area contributed by atoms with Gasteiger partial charge in [0.25, 0.3) is 5.91 Å². The predicted octanol–water partition coefficient (Wildman–Crippen LogP) is 3.14. The van der Waals surface area contributed by atoms with Crippen molar-refractivity contribution in [2.24, 2.45) is 0 Å². The summed E-state index contributed by atoms with van der Waals surface area (Å²) in [7, 11) is 1.37. The molecule has 156 valence electrons. The SMILES string of the molecule is CNC(=O)NC(=O)COC(=O)CSc1ccc2c3c(cccc13)C(=O)c1ccccc1-2. The molecule has 7 nitrogen and oxygen atoms in total. The van der Waals surface area contributed by atoms with E-state index in [1.54, 1.807) is 0 Å². The van der Waals surface area contributed by atoms with E-state index in [4.69, 9.17) is 4.74 Å². The summed E-state index contributed by atoms with van der Waals surface area (Å²) in [6, 6.07) is 16.3. The molecule has 0 aromatic heterocycles. The zero-order chi connectivity index (χ0) is 22.0. The highest BCUT2D eigenvalue weighted by molar-refractivity contribution is 8.00. The summed E-state index contributed by atoms with van der Waals surface area (Å²) >= 11 is 1.27. The number of hydrogen-bond donors (Lipinski definition) is 2. The standard InChI is InChI=1S/C23H18N2O5S/c1-24-23(29)25-19(26)11-30-20(27)12-31-18-10-9-14-13-5-2-3-6-15(13)22(28)17-8-4-7-16(18)21(14)17/h2-10H,11-12H2,1H3,(H2,24,25,26,29).